The molecular formula is C58H95N17O22. The highest BCUT2D eigenvalue weighted by Crippen LogP contribution is 2.15. The topological polar surface area (TPSA) is 669 Å². The zero-order valence-corrected chi connectivity index (χ0v) is 54.5. The molecular weight excluding hydrogens is 1290 g/mol. The van der Waals surface area contributed by atoms with Crippen molar-refractivity contribution in [3.05, 3.63) is 29.8 Å². The van der Waals surface area contributed by atoms with Crippen LogP contribution >= 0.6 is 0 Å². The van der Waals surface area contributed by atoms with Gasteiger partial charge in [-0.3, -0.25) is 76.7 Å². The summed E-state index contributed by atoms with van der Waals surface area (Å²) in [6.45, 7) is 3.23. The van der Waals surface area contributed by atoms with E-state index in [4.69, 9.17) is 33.8 Å². The Morgan fingerprint density at radius 2 is 0.814 bits per heavy atom. The highest BCUT2D eigenvalue weighted by Gasteiger charge is 2.38. The standard InChI is InChI=1S/C58H95N17O22/c1-6-27(2)45(74-51(90)34(10-7-8-20-59)66-53(92)38(23-43(62)83)69-48(87)28(3)64-30(5)80)57(96)73-40(25-77)55(94)70-37(22-31-12-14-32(81)15-13-31)52(91)68-36(16-18-42(61)82)50(89)71-39(24-76)54(93)67-35(11-9-21-60)49(88)72-41(26-78)56(95)75-46(29(4)79)58(97)65-33(47(63)86)17-19-44(84)85/h12-15,27-29,33-41,45-46,76-79,81H,6-11,16-26,59-60H2,1-5H3,(H2,61,82)(H2,62,83)(H2,63,86)(H,64,80)(H,65,97)(H,66,92)(H,67,93)(H,68,91)(H,69,87)(H,70,94)(H,71,89)(H,72,88)(H,73,96)(H,74,90)(H,75,95)(H,84,85)/t27-,28-,29+,33-,34-,35-,36-,37-,38-,39-,40-,41-,45-,46-/m0/s1. The van der Waals surface area contributed by atoms with Crippen molar-refractivity contribution in [1.29, 1.82) is 0 Å². The van der Waals surface area contributed by atoms with Gasteiger partial charge in [0.15, 0.2) is 0 Å². The van der Waals surface area contributed by atoms with E-state index in [1.54, 1.807) is 13.8 Å². The van der Waals surface area contributed by atoms with Gasteiger partial charge in [-0.1, -0.05) is 32.4 Å². The van der Waals surface area contributed by atoms with Crippen LogP contribution in [0.5, 0.6) is 5.75 Å². The van der Waals surface area contributed by atoms with Gasteiger partial charge in [0.25, 0.3) is 0 Å². The van der Waals surface area contributed by atoms with Gasteiger partial charge in [-0.15, -0.1) is 0 Å². The van der Waals surface area contributed by atoms with Crippen LogP contribution in [0, 0.1) is 5.92 Å². The number of primary amides is 3. The van der Waals surface area contributed by atoms with Gasteiger partial charge >= 0.3 is 5.97 Å². The van der Waals surface area contributed by atoms with Crippen LogP contribution in [0.3, 0.4) is 0 Å². The molecule has 0 saturated carbocycles. The van der Waals surface area contributed by atoms with Gasteiger partial charge in [-0.2, -0.15) is 0 Å². The fourth-order valence-corrected chi connectivity index (χ4v) is 8.97. The van der Waals surface area contributed by atoms with E-state index in [1.807, 2.05) is 0 Å². The summed E-state index contributed by atoms with van der Waals surface area (Å²) in [5.74, 6) is -18.7. The SMILES string of the molecule is CC[C@H](C)[C@H](NC(=O)[C@H](CCCCN)NC(=O)[C@H](CC(N)=O)NC(=O)[C@H](C)NC(C)=O)C(=O)N[C@@H](CO)C(=O)N[C@@H](Cc1ccc(O)cc1)C(=O)N[C@@H](CCC(N)=O)C(=O)N[C@@H](CO)C(=O)N[C@@H](CCCN)C(=O)N[C@@H](CO)C(=O)N[C@H](C(=O)N[C@@H](CCC(=O)O)C(N)=O)[C@@H](C)O. The highest BCUT2D eigenvalue weighted by atomic mass is 16.4. The lowest BCUT2D eigenvalue weighted by atomic mass is 9.97. The second-order valence-electron chi connectivity index (χ2n) is 22.7. The second-order valence-corrected chi connectivity index (χ2v) is 22.7. The number of unbranched alkanes of at least 4 members (excludes halogenated alkanes) is 1. The summed E-state index contributed by atoms with van der Waals surface area (Å²) < 4.78 is 0. The number of hydrogen-bond donors (Lipinski definition) is 23. The van der Waals surface area contributed by atoms with Gasteiger partial charge in [0.05, 0.1) is 32.3 Å². The molecule has 0 heterocycles. The van der Waals surface area contributed by atoms with E-state index in [9.17, 15) is 102 Å². The third kappa shape index (κ3) is 31.6. The molecule has 0 saturated heterocycles. The van der Waals surface area contributed by atoms with Crippen LogP contribution < -0.4 is 92.5 Å². The number of amides is 15. The number of benzene rings is 1. The second kappa shape index (κ2) is 44.1. The molecule has 39 nitrogen and oxygen atoms in total. The number of carboxylic acid groups (broad SMARTS) is 1. The Kier molecular flexibility index (Phi) is 38.8. The van der Waals surface area contributed by atoms with E-state index in [0.29, 0.717) is 6.42 Å². The first kappa shape index (κ1) is 85.3. The van der Waals surface area contributed by atoms with Gasteiger partial charge < -0.3 is 123 Å². The van der Waals surface area contributed by atoms with Crippen LogP contribution in [0.1, 0.15) is 111 Å². The van der Waals surface area contributed by atoms with Crippen molar-refractivity contribution in [2.45, 2.75) is 190 Å². The summed E-state index contributed by atoms with van der Waals surface area (Å²) in [5, 5.41) is 88.0. The van der Waals surface area contributed by atoms with Gasteiger partial charge in [-0.05, 0) is 95.5 Å². The number of carboxylic acids is 1. The average Bonchev–Trinajstić information content (AvgIpc) is 0.877. The molecule has 0 radical (unpaired) electrons. The number of aliphatic hydroxyl groups is 4. The molecule has 97 heavy (non-hydrogen) atoms. The molecule has 0 aliphatic rings. The lowest BCUT2D eigenvalue weighted by Crippen LogP contribution is -2.62. The third-order valence-corrected chi connectivity index (χ3v) is 14.7. The van der Waals surface area contributed by atoms with Crippen LogP contribution in [-0.4, -0.2) is 237 Å². The summed E-state index contributed by atoms with van der Waals surface area (Å²) in [4.78, 5) is 210. The molecule has 0 aliphatic heterocycles. The van der Waals surface area contributed by atoms with Crippen LogP contribution in [0.2, 0.25) is 0 Å². The summed E-state index contributed by atoms with van der Waals surface area (Å²) in [5.41, 5.74) is 27.6. The minimum atomic E-state index is -1.98. The van der Waals surface area contributed by atoms with Crippen molar-refractivity contribution in [2.75, 3.05) is 32.9 Å². The minimum Gasteiger partial charge on any atom is -0.508 e. The lowest BCUT2D eigenvalue weighted by molar-refractivity contribution is -0.138. The van der Waals surface area contributed by atoms with Crippen molar-refractivity contribution in [1.82, 2.24) is 63.8 Å². The number of nitrogens with two attached hydrogens (primary N) is 5. The molecule has 1 aromatic carbocycles. The Bertz CT molecular complexity index is 2890. The molecule has 544 valence electrons. The van der Waals surface area contributed by atoms with Crippen molar-refractivity contribution in [3.8, 4) is 5.75 Å². The molecule has 1 aromatic rings. The van der Waals surface area contributed by atoms with Crippen molar-refractivity contribution < 1.29 is 107 Å². The highest BCUT2D eigenvalue weighted by molar-refractivity contribution is 6.00. The van der Waals surface area contributed by atoms with Gasteiger partial charge in [0.1, 0.15) is 78.3 Å². The number of aliphatic hydroxyl groups excluding tert-OH is 4. The van der Waals surface area contributed by atoms with Crippen LogP contribution in [0.25, 0.3) is 0 Å². The molecule has 0 unspecified atom stereocenters. The molecule has 0 fully saturated rings. The number of aliphatic carboxylic acids is 1. The van der Waals surface area contributed by atoms with E-state index >= 15 is 0 Å². The number of phenolic OH excluding ortho intramolecular Hbond substituents is 1. The molecule has 28 N–H and O–H groups in total. The maximum absolute atomic E-state index is 14.4. The normalized spacial score (nSPS) is 15.3. The predicted octanol–water partition coefficient (Wildman–Crippen LogP) is -10.4. The van der Waals surface area contributed by atoms with Crippen molar-refractivity contribution >= 4 is 94.6 Å². The molecule has 39 heteroatoms. The van der Waals surface area contributed by atoms with Crippen LogP contribution in [0.4, 0.5) is 0 Å². The number of rotatable bonds is 47. The quantitative estimate of drug-likeness (QED) is 0.0270. The fourth-order valence-electron chi connectivity index (χ4n) is 8.97. The lowest BCUT2D eigenvalue weighted by Gasteiger charge is -2.29. The Morgan fingerprint density at radius 3 is 1.26 bits per heavy atom. The summed E-state index contributed by atoms with van der Waals surface area (Å²) in [6.07, 6.45) is -4.80. The summed E-state index contributed by atoms with van der Waals surface area (Å²) in [6, 6.07) is -15.2. The fraction of sp³-hybridized carbons (Fsp3) is 0.621. The largest absolute Gasteiger partial charge is 0.508 e. The van der Waals surface area contributed by atoms with E-state index in [-0.39, 0.29) is 56.5 Å². The zero-order chi connectivity index (χ0) is 73.8. The van der Waals surface area contributed by atoms with Gasteiger partial charge in [-0.25, -0.2) is 0 Å². The smallest absolute Gasteiger partial charge is 0.303 e. The van der Waals surface area contributed by atoms with E-state index in [1.165, 1.54) is 31.2 Å². The number of carbonyl (C=O) groups is 16. The minimum absolute atomic E-state index is 0.000498. The molecule has 14 atom stereocenters. The Labute approximate surface area is 557 Å². The molecule has 0 bridgehead atoms. The number of hydrogen-bond acceptors (Lipinski definition) is 23. The van der Waals surface area contributed by atoms with Crippen LogP contribution in [-0.2, 0) is 83.1 Å². The molecule has 0 aliphatic carbocycles. The first-order valence-corrected chi connectivity index (χ1v) is 31.0. The Morgan fingerprint density at radius 1 is 0.433 bits per heavy atom. The van der Waals surface area contributed by atoms with E-state index < -0.39 is 237 Å². The summed E-state index contributed by atoms with van der Waals surface area (Å²) in [7, 11) is 0. The number of nitrogens with one attached hydrogen (secondary N) is 12. The predicted molar refractivity (Wildman–Crippen MR) is 338 cm³/mol. The first-order valence-electron chi connectivity index (χ1n) is 31.0. The van der Waals surface area contributed by atoms with Crippen molar-refractivity contribution in [3.63, 3.8) is 0 Å². The molecule has 1 rings (SSSR count). The van der Waals surface area contributed by atoms with Crippen LogP contribution in [0.15, 0.2) is 24.3 Å². The maximum atomic E-state index is 14.4. The maximum Gasteiger partial charge on any atom is 0.303 e. The van der Waals surface area contributed by atoms with E-state index in [0.717, 1.165) is 13.8 Å². The summed E-state index contributed by atoms with van der Waals surface area (Å²) >= 11 is 0. The monoisotopic (exact) mass is 1380 g/mol. The third-order valence-electron chi connectivity index (χ3n) is 14.7. The van der Waals surface area contributed by atoms with Gasteiger partial charge in [0, 0.05) is 26.2 Å². The number of aromatic hydroxyl groups is 1. The number of carbonyl (C=O) groups excluding carboxylic acids is 15. The molecule has 0 aromatic heterocycles. The Balaban J connectivity index is 3.58. The molecule has 0 spiro atoms. The Hall–Kier alpha value is -9.70. The number of phenols is 1. The first-order chi connectivity index (χ1) is 45.6. The van der Waals surface area contributed by atoms with Crippen molar-refractivity contribution in [2.24, 2.45) is 34.6 Å². The zero-order valence-electron chi connectivity index (χ0n) is 54.5. The average molecular weight is 1380 g/mol. The van der Waals surface area contributed by atoms with E-state index in [2.05, 4.69) is 63.8 Å². The molecule has 15 amide bonds. The van der Waals surface area contributed by atoms with Gasteiger partial charge in [0.2, 0.25) is 88.6 Å².